The van der Waals surface area contributed by atoms with Crippen molar-refractivity contribution in [1.29, 1.82) is 0 Å². The van der Waals surface area contributed by atoms with Crippen molar-refractivity contribution in [2.45, 2.75) is 19.1 Å². The molecule has 0 aliphatic carbocycles. The Labute approximate surface area is 235 Å². The summed E-state index contributed by atoms with van der Waals surface area (Å²) in [5.74, 6) is -6.67. The van der Waals surface area contributed by atoms with Crippen LogP contribution in [0, 0.1) is 11.6 Å². The Bertz CT molecular complexity index is 1610. The summed E-state index contributed by atoms with van der Waals surface area (Å²) in [6.07, 6.45) is -3.51. The highest BCUT2D eigenvalue weighted by Crippen LogP contribution is 2.29. The summed E-state index contributed by atoms with van der Waals surface area (Å²) in [6.45, 7) is 1.62. The van der Waals surface area contributed by atoms with Crippen molar-refractivity contribution in [3.05, 3.63) is 58.6 Å². The van der Waals surface area contributed by atoms with Gasteiger partial charge < -0.3 is 29.3 Å². The smallest absolute Gasteiger partial charge is 0.439 e. The molecule has 3 aromatic rings. The Morgan fingerprint density at radius 2 is 1.81 bits per heavy atom. The number of nitrogens with one attached hydrogen (secondary N) is 2. The SMILES string of the molecule is CC(=O)O[C@@H](C(=O)Nc1cc(F)c(-c2noc(=O)[nH]2)cc1F)[C@H]1OCCN(c2cccc(N3CCOCC3=O)c2)C1=O. The van der Waals surface area contributed by atoms with E-state index < -0.39 is 58.6 Å². The van der Waals surface area contributed by atoms with Crippen LogP contribution in [-0.4, -0.2) is 78.9 Å². The molecule has 42 heavy (non-hydrogen) atoms. The molecule has 5 rings (SSSR count). The topological polar surface area (TPSA) is 173 Å². The summed E-state index contributed by atoms with van der Waals surface area (Å²) < 4.78 is 49.7. The zero-order valence-corrected chi connectivity index (χ0v) is 21.9. The monoisotopic (exact) mass is 587 g/mol. The molecule has 3 amide bonds. The first-order valence-electron chi connectivity index (χ1n) is 12.6. The predicted molar refractivity (Wildman–Crippen MR) is 138 cm³/mol. The second-order valence-corrected chi connectivity index (χ2v) is 9.17. The third kappa shape index (κ3) is 5.89. The number of hydrogen-bond donors (Lipinski definition) is 2. The fourth-order valence-electron chi connectivity index (χ4n) is 4.50. The zero-order valence-electron chi connectivity index (χ0n) is 21.9. The van der Waals surface area contributed by atoms with Gasteiger partial charge in [0, 0.05) is 37.5 Å². The molecule has 2 N–H and O–H groups in total. The number of anilines is 3. The molecule has 2 saturated heterocycles. The maximum Gasteiger partial charge on any atom is 0.439 e. The van der Waals surface area contributed by atoms with Crippen molar-refractivity contribution in [3.63, 3.8) is 0 Å². The molecular formula is C26H23F2N5O9. The first-order valence-corrected chi connectivity index (χ1v) is 12.6. The Hall–Kier alpha value is -4.96. The molecule has 0 saturated carbocycles. The number of amides is 3. The average Bonchev–Trinajstić information content (AvgIpc) is 3.40. The Morgan fingerprint density at radius 1 is 1.07 bits per heavy atom. The number of nitrogens with zero attached hydrogens (tertiary/aromatic N) is 3. The van der Waals surface area contributed by atoms with E-state index in [1.807, 2.05) is 0 Å². The predicted octanol–water partition coefficient (Wildman–Crippen LogP) is 0.973. The highest BCUT2D eigenvalue weighted by Gasteiger charge is 2.43. The zero-order chi connectivity index (χ0) is 30.0. The van der Waals surface area contributed by atoms with Gasteiger partial charge >= 0.3 is 11.7 Å². The van der Waals surface area contributed by atoms with Crippen LogP contribution < -0.4 is 20.9 Å². The van der Waals surface area contributed by atoms with E-state index >= 15 is 0 Å². The van der Waals surface area contributed by atoms with E-state index in [0.717, 1.165) is 6.92 Å². The number of benzene rings is 2. The van der Waals surface area contributed by atoms with Crippen molar-refractivity contribution in [3.8, 4) is 11.4 Å². The molecule has 0 bridgehead atoms. The van der Waals surface area contributed by atoms with Crippen molar-refractivity contribution in [1.82, 2.24) is 10.1 Å². The molecule has 2 atom stereocenters. The number of carbonyl (C=O) groups excluding carboxylic acids is 4. The van der Waals surface area contributed by atoms with Crippen molar-refractivity contribution in [2.24, 2.45) is 0 Å². The molecule has 0 unspecified atom stereocenters. The van der Waals surface area contributed by atoms with Crippen LogP contribution in [0.3, 0.4) is 0 Å². The van der Waals surface area contributed by atoms with E-state index in [0.29, 0.717) is 36.7 Å². The number of ether oxygens (including phenoxy) is 3. The van der Waals surface area contributed by atoms with E-state index in [2.05, 4.69) is 20.0 Å². The molecule has 0 spiro atoms. The highest BCUT2D eigenvalue weighted by atomic mass is 19.1. The number of aromatic nitrogens is 2. The Morgan fingerprint density at radius 3 is 2.50 bits per heavy atom. The first-order chi connectivity index (χ1) is 20.1. The summed E-state index contributed by atoms with van der Waals surface area (Å²) >= 11 is 0. The summed E-state index contributed by atoms with van der Waals surface area (Å²) in [5.41, 5.74) is -0.175. The van der Waals surface area contributed by atoms with Gasteiger partial charge in [-0.1, -0.05) is 11.2 Å². The van der Waals surface area contributed by atoms with Gasteiger partial charge in [0.25, 0.3) is 17.7 Å². The summed E-state index contributed by atoms with van der Waals surface area (Å²) in [6, 6.07) is 7.87. The van der Waals surface area contributed by atoms with Gasteiger partial charge in [-0.2, -0.15) is 0 Å². The van der Waals surface area contributed by atoms with Gasteiger partial charge in [0.2, 0.25) is 6.10 Å². The van der Waals surface area contributed by atoms with Gasteiger partial charge in [-0.05, 0) is 24.3 Å². The van der Waals surface area contributed by atoms with Crippen LogP contribution in [-0.2, 0) is 33.4 Å². The largest absolute Gasteiger partial charge is 0.449 e. The molecule has 3 heterocycles. The third-order valence-corrected chi connectivity index (χ3v) is 6.40. The standard InChI is InChI=1S/C26H23F2N5O9/c1-13(34)41-21(24(36)29-19-11-17(27)16(10-18(19)28)23-30-26(38)42-31-23)22-25(37)33(6-8-40-22)15-4-2-3-14(9-15)32-5-7-39-12-20(32)35/h2-4,9-11,21-22H,5-8,12H2,1H3,(H,29,36)(H,30,31,38)/t21-,22-/m1/s1. The van der Waals surface area contributed by atoms with Crippen LogP contribution in [0.15, 0.2) is 45.7 Å². The average molecular weight is 587 g/mol. The first kappa shape index (κ1) is 28.6. The fourth-order valence-corrected chi connectivity index (χ4v) is 4.50. The lowest BCUT2D eigenvalue weighted by Gasteiger charge is -2.35. The second kappa shape index (κ2) is 11.9. The maximum atomic E-state index is 14.8. The molecular weight excluding hydrogens is 564 g/mol. The lowest BCUT2D eigenvalue weighted by Crippen LogP contribution is -2.56. The van der Waals surface area contributed by atoms with Gasteiger partial charge in [-0.3, -0.25) is 28.7 Å². The van der Waals surface area contributed by atoms with Gasteiger partial charge in [-0.15, -0.1) is 0 Å². The highest BCUT2D eigenvalue weighted by molar-refractivity contribution is 6.05. The van der Waals surface area contributed by atoms with Gasteiger partial charge in [0.05, 0.1) is 24.5 Å². The number of hydrogen-bond acceptors (Lipinski definition) is 10. The van der Waals surface area contributed by atoms with Gasteiger partial charge in [0.1, 0.15) is 18.2 Å². The molecule has 220 valence electrons. The number of rotatable bonds is 7. The number of carbonyl (C=O) groups is 4. The number of morpholine rings is 2. The minimum absolute atomic E-state index is 0.0598. The molecule has 1 aromatic heterocycles. The molecule has 16 heteroatoms. The Kier molecular flexibility index (Phi) is 8.08. The number of esters is 1. The fraction of sp³-hybridized carbons (Fsp3) is 0.308. The van der Waals surface area contributed by atoms with Crippen molar-refractivity contribution < 1.29 is 46.7 Å². The lowest BCUT2D eigenvalue weighted by atomic mass is 10.1. The van der Waals surface area contributed by atoms with Crippen molar-refractivity contribution in [2.75, 3.05) is 48.0 Å². The summed E-state index contributed by atoms with van der Waals surface area (Å²) in [4.78, 5) is 67.0. The summed E-state index contributed by atoms with van der Waals surface area (Å²) in [5, 5.41) is 5.41. The number of H-pyrrole nitrogens is 1. The van der Waals surface area contributed by atoms with Crippen LogP contribution in [0.25, 0.3) is 11.4 Å². The van der Waals surface area contributed by atoms with E-state index in [9.17, 15) is 32.8 Å². The van der Waals surface area contributed by atoms with Gasteiger partial charge in [0.15, 0.2) is 11.9 Å². The quantitative estimate of drug-likeness (QED) is 0.379. The van der Waals surface area contributed by atoms with Crippen LogP contribution in [0.2, 0.25) is 0 Å². The number of aromatic amines is 1. The van der Waals surface area contributed by atoms with Gasteiger partial charge in [-0.25, -0.2) is 13.6 Å². The van der Waals surface area contributed by atoms with E-state index in [1.54, 1.807) is 24.3 Å². The normalized spacial score (nSPS) is 18.1. The van der Waals surface area contributed by atoms with E-state index in [-0.39, 0.29) is 31.5 Å². The van der Waals surface area contributed by atoms with E-state index in [4.69, 9.17) is 14.2 Å². The minimum atomic E-state index is -1.88. The summed E-state index contributed by atoms with van der Waals surface area (Å²) in [7, 11) is 0. The molecule has 2 aliphatic rings. The van der Waals surface area contributed by atoms with Crippen molar-refractivity contribution >= 4 is 40.8 Å². The second-order valence-electron chi connectivity index (χ2n) is 9.17. The maximum absolute atomic E-state index is 14.8. The molecule has 2 aromatic carbocycles. The van der Waals surface area contributed by atoms with Crippen LogP contribution in [0.5, 0.6) is 0 Å². The molecule has 14 nitrogen and oxygen atoms in total. The van der Waals surface area contributed by atoms with Crippen LogP contribution >= 0.6 is 0 Å². The van der Waals surface area contributed by atoms with Crippen LogP contribution in [0.4, 0.5) is 25.8 Å². The molecule has 0 radical (unpaired) electrons. The van der Waals surface area contributed by atoms with Crippen LogP contribution in [0.1, 0.15) is 6.92 Å². The minimum Gasteiger partial charge on any atom is -0.449 e. The van der Waals surface area contributed by atoms with E-state index in [1.165, 1.54) is 9.80 Å². The number of halogens is 2. The molecule has 2 fully saturated rings. The lowest BCUT2D eigenvalue weighted by molar-refractivity contribution is -0.167. The molecule has 2 aliphatic heterocycles. The Balaban J connectivity index is 1.38. The third-order valence-electron chi connectivity index (χ3n) is 6.40.